The minimum atomic E-state index is -0.193. The number of aromatic nitrogens is 1. The van der Waals surface area contributed by atoms with Crippen LogP contribution in [0.3, 0.4) is 0 Å². The van der Waals surface area contributed by atoms with Crippen molar-refractivity contribution in [3.63, 3.8) is 0 Å². The molecule has 3 rings (SSSR count). The molecule has 0 aliphatic heterocycles. The Bertz CT molecular complexity index is 898. The van der Waals surface area contributed by atoms with Crippen molar-refractivity contribution in [2.45, 2.75) is 20.5 Å². The molecule has 0 saturated heterocycles. The summed E-state index contributed by atoms with van der Waals surface area (Å²) in [5, 5.41) is 8.77. The van der Waals surface area contributed by atoms with Crippen LogP contribution in [-0.4, -0.2) is 31.3 Å². The summed E-state index contributed by atoms with van der Waals surface area (Å²) in [4.78, 5) is 12.6. The van der Waals surface area contributed by atoms with E-state index in [0.717, 1.165) is 27.8 Å². The summed E-state index contributed by atoms with van der Waals surface area (Å²) in [5.41, 5.74) is 2.17. The van der Waals surface area contributed by atoms with E-state index in [-0.39, 0.29) is 12.5 Å². The van der Waals surface area contributed by atoms with Crippen LogP contribution in [0.1, 0.15) is 27.4 Å². The third-order valence-corrected chi connectivity index (χ3v) is 4.24. The van der Waals surface area contributed by atoms with Crippen LogP contribution < -0.4 is 10.1 Å². The molecule has 0 aliphatic carbocycles. The number of hydrogen-bond acceptors (Lipinski definition) is 5. The number of amides is 1. The maximum absolute atomic E-state index is 12.6. The normalized spacial score (nSPS) is 10.9. The highest BCUT2D eigenvalue weighted by Crippen LogP contribution is 2.27. The molecule has 0 saturated carbocycles. The van der Waals surface area contributed by atoms with Crippen molar-refractivity contribution in [2.75, 3.05) is 20.3 Å². The number of benzene rings is 2. The zero-order valence-electron chi connectivity index (χ0n) is 15.2. The van der Waals surface area contributed by atoms with Gasteiger partial charge >= 0.3 is 0 Å². The Morgan fingerprint density at radius 2 is 1.92 bits per heavy atom. The molecule has 1 aromatic heterocycles. The lowest BCUT2D eigenvalue weighted by molar-refractivity contribution is 0.0933. The molecule has 0 aliphatic rings. The number of carbonyl (C=O) groups excluding carboxylic acids is 1. The van der Waals surface area contributed by atoms with E-state index in [1.54, 1.807) is 7.11 Å². The van der Waals surface area contributed by atoms with Gasteiger partial charge in [0.2, 0.25) is 0 Å². The molecule has 136 valence electrons. The van der Waals surface area contributed by atoms with Gasteiger partial charge in [-0.1, -0.05) is 29.4 Å². The number of fused-ring (bicyclic) bond motifs is 1. The van der Waals surface area contributed by atoms with Crippen molar-refractivity contribution in [2.24, 2.45) is 0 Å². The highest BCUT2D eigenvalue weighted by atomic mass is 16.5. The molecule has 6 heteroatoms. The molecule has 1 amide bonds. The minimum absolute atomic E-state index is 0.193. The van der Waals surface area contributed by atoms with E-state index in [4.69, 9.17) is 14.0 Å². The maximum Gasteiger partial charge on any atom is 0.255 e. The smallest absolute Gasteiger partial charge is 0.255 e. The van der Waals surface area contributed by atoms with E-state index in [9.17, 15) is 4.79 Å². The van der Waals surface area contributed by atoms with Crippen LogP contribution in [0.5, 0.6) is 5.75 Å². The molecule has 0 bridgehead atoms. The van der Waals surface area contributed by atoms with Gasteiger partial charge in [0, 0.05) is 13.7 Å². The molecule has 2 aromatic carbocycles. The molecule has 0 unspecified atom stereocenters. The Labute approximate surface area is 152 Å². The van der Waals surface area contributed by atoms with E-state index in [1.807, 2.05) is 50.2 Å². The lowest BCUT2D eigenvalue weighted by Crippen LogP contribution is -2.27. The van der Waals surface area contributed by atoms with E-state index < -0.39 is 0 Å². The first-order chi connectivity index (χ1) is 12.6. The molecule has 26 heavy (non-hydrogen) atoms. The average molecular weight is 354 g/mol. The van der Waals surface area contributed by atoms with Crippen LogP contribution in [0.15, 0.2) is 40.9 Å². The number of ether oxygens (including phenoxy) is 2. The molecule has 0 radical (unpaired) electrons. The van der Waals surface area contributed by atoms with Crippen LogP contribution in [0.25, 0.3) is 10.8 Å². The summed E-state index contributed by atoms with van der Waals surface area (Å²) < 4.78 is 16.1. The standard InChI is InChI=1S/C20H22N2O4/c1-13-18(14(2)26-22-13)12-25-19-11-16-7-5-4-6-15(16)10-17(19)20(23)21-8-9-24-3/h4-7,10-11H,8-9,12H2,1-3H3,(H,21,23). The number of nitrogens with one attached hydrogen (secondary N) is 1. The fourth-order valence-corrected chi connectivity index (χ4v) is 2.74. The largest absolute Gasteiger partial charge is 0.488 e. The number of nitrogens with zero attached hydrogens (tertiary/aromatic N) is 1. The van der Waals surface area contributed by atoms with E-state index in [1.165, 1.54) is 0 Å². The summed E-state index contributed by atoms with van der Waals surface area (Å²) in [6.45, 7) is 4.89. The van der Waals surface area contributed by atoms with Gasteiger partial charge in [-0.3, -0.25) is 4.79 Å². The Balaban J connectivity index is 1.90. The van der Waals surface area contributed by atoms with E-state index in [0.29, 0.717) is 24.5 Å². The molecule has 6 nitrogen and oxygen atoms in total. The van der Waals surface area contributed by atoms with Gasteiger partial charge in [-0.15, -0.1) is 0 Å². The van der Waals surface area contributed by atoms with Gasteiger partial charge in [-0.05, 0) is 36.8 Å². The second-order valence-corrected chi connectivity index (χ2v) is 6.04. The van der Waals surface area contributed by atoms with Gasteiger partial charge < -0.3 is 19.3 Å². The third kappa shape index (κ3) is 3.86. The molecule has 3 aromatic rings. The zero-order chi connectivity index (χ0) is 18.5. The summed E-state index contributed by atoms with van der Waals surface area (Å²) in [5.74, 6) is 1.05. The third-order valence-electron chi connectivity index (χ3n) is 4.24. The van der Waals surface area contributed by atoms with Crippen molar-refractivity contribution < 1.29 is 18.8 Å². The topological polar surface area (TPSA) is 73.6 Å². The first-order valence-corrected chi connectivity index (χ1v) is 8.44. The molecular formula is C20H22N2O4. The van der Waals surface area contributed by atoms with Crippen LogP contribution in [0.2, 0.25) is 0 Å². The van der Waals surface area contributed by atoms with Gasteiger partial charge in [-0.2, -0.15) is 0 Å². The number of rotatable bonds is 7. The lowest BCUT2D eigenvalue weighted by Gasteiger charge is -2.13. The van der Waals surface area contributed by atoms with Crippen LogP contribution in [0, 0.1) is 13.8 Å². The van der Waals surface area contributed by atoms with E-state index in [2.05, 4.69) is 10.5 Å². The zero-order valence-corrected chi connectivity index (χ0v) is 15.2. The second kappa shape index (κ2) is 8.01. The van der Waals surface area contributed by atoms with Crippen LogP contribution in [0.4, 0.5) is 0 Å². The predicted molar refractivity (Wildman–Crippen MR) is 98.5 cm³/mol. The Kier molecular flexibility index (Phi) is 5.53. The molecule has 0 atom stereocenters. The average Bonchev–Trinajstić information content (AvgIpc) is 2.97. The first-order valence-electron chi connectivity index (χ1n) is 8.44. The number of carbonyl (C=O) groups is 1. The fraction of sp³-hybridized carbons (Fsp3) is 0.300. The fourth-order valence-electron chi connectivity index (χ4n) is 2.74. The van der Waals surface area contributed by atoms with Crippen molar-refractivity contribution in [3.05, 3.63) is 59.0 Å². The SMILES string of the molecule is COCCNC(=O)c1cc2ccccc2cc1OCc1c(C)noc1C. The van der Waals surface area contributed by atoms with Gasteiger partial charge in [0.25, 0.3) is 5.91 Å². The molecule has 0 fully saturated rings. The second-order valence-electron chi connectivity index (χ2n) is 6.04. The highest BCUT2D eigenvalue weighted by Gasteiger charge is 2.16. The molecular weight excluding hydrogens is 332 g/mol. The quantitative estimate of drug-likeness (QED) is 0.658. The van der Waals surface area contributed by atoms with Crippen molar-refractivity contribution in [3.8, 4) is 5.75 Å². The summed E-state index contributed by atoms with van der Waals surface area (Å²) in [7, 11) is 1.60. The molecule has 1 heterocycles. The summed E-state index contributed by atoms with van der Waals surface area (Å²) >= 11 is 0. The van der Waals surface area contributed by atoms with E-state index >= 15 is 0 Å². The Morgan fingerprint density at radius 1 is 1.19 bits per heavy atom. The van der Waals surface area contributed by atoms with Gasteiger partial charge in [0.15, 0.2) is 0 Å². The predicted octanol–water partition coefficient (Wildman–Crippen LogP) is 3.40. The number of methoxy groups -OCH3 is 1. The van der Waals surface area contributed by atoms with Crippen molar-refractivity contribution in [1.82, 2.24) is 10.5 Å². The molecule has 0 spiro atoms. The summed E-state index contributed by atoms with van der Waals surface area (Å²) in [6.07, 6.45) is 0. The van der Waals surface area contributed by atoms with Crippen LogP contribution >= 0.6 is 0 Å². The minimum Gasteiger partial charge on any atom is -0.488 e. The van der Waals surface area contributed by atoms with Gasteiger partial charge in [-0.25, -0.2) is 0 Å². The van der Waals surface area contributed by atoms with Gasteiger partial charge in [0.05, 0.1) is 23.4 Å². The Morgan fingerprint density at radius 3 is 2.58 bits per heavy atom. The lowest BCUT2D eigenvalue weighted by atomic mass is 10.1. The summed E-state index contributed by atoms with van der Waals surface area (Å²) in [6, 6.07) is 11.6. The highest BCUT2D eigenvalue weighted by molar-refractivity contribution is 6.01. The number of hydrogen-bond donors (Lipinski definition) is 1. The molecule has 1 N–H and O–H groups in total. The maximum atomic E-state index is 12.6. The van der Waals surface area contributed by atoms with Crippen molar-refractivity contribution in [1.29, 1.82) is 0 Å². The van der Waals surface area contributed by atoms with Gasteiger partial charge in [0.1, 0.15) is 18.1 Å². The van der Waals surface area contributed by atoms with Crippen molar-refractivity contribution >= 4 is 16.7 Å². The monoisotopic (exact) mass is 354 g/mol. The number of aryl methyl sites for hydroxylation is 2. The first kappa shape index (κ1) is 17.9. The Hall–Kier alpha value is -2.86. The van der Waals surface area contributed by atoms with Crippen LogP contribution in [-0.2, 0) is 11.3 Å².